The van der Waals surface area contributed by atoms with Crippen molar-refractivity contribution in [3.05, 3.63) is 29.1 Å². The zero-order chi connectivity index (χ0) is 12.8. The van der Waals surface area contributed by atoms with Crippen LogP contribution in [-0.4, -0.2) is 17.6 Å². The molecule has 3 nitrogen and oxygen atoms in total. The van der Waals surface area contributed by atoms with Gasteiger partial charge < -0.3 is 4.74 Å². The minimum absolute atomic E-state index is 0.0661. The van der Waals surface area contributed by atoms with Crippen LogP contribution >= 0.6 is 11.6 Å². The van der Waals surface area contributed by atoms with Gasteiger partial charge in [0, 0.05) is 23.8 Å². The van der Waals surface area contributed by atoms with Crippen molar-refractivity contribution in [3.8, 4) is 0 Å². The molecule has 1 heterocycles. The van der Waals surface area contributed by atoms with Crippen LogP contribution < -0.4 is 0 Å². The average Bonchev–Trinajstić information content (AvgIpc) is 2.28. The summed E-state index contributed by atoms with van der Waals surface area (Å²) in [7, 11) is 0. The van der Waals surface area contributed by atoms with Crippen molar-refractivity contribution < 1.29 is 18.3 Å². The van der Waals surface area contributed by atoms with Crippen LogP contribution in [0.5, 0.6) is 0 Å². The SMILES string of the molecule is CCOC(=O)Cc1cncc(CCl)c1C(F)F. The molecule has 0 aromatic carbocycles. The molecule has 0 fully saturated rings. The molecule has 1 rings (SSSR count). The van der Waals surface area contributed by atoms with E-state index in [9.17, 15) is 13.6 Å². The molecule has 17 heavy (non-hydrogen) atoms. The van der Waals surface area contributed by atoms with Crippen LogP contribution in [0.15, 0.2) is 12.4 Å². The first kappa shape index (κ1) is 13.8. The Kier molecular flexibility index (Phi) is 5.28. The Morgan fingerprint density at radius 2 is 2.12 bits per heavy atom. The minimum Gasteiger partial charge on any atom is -0.466 e. The smallest absolute Gasteiger partial charge is 0.310 e. The molecule has 0 aliphatic heterocycles. The second-order valence-corrected chi connectivity index (χ2v) is 3.55. The molecule has 1 aromatic rings. The van der Waals surface area contributed by atoms with Crippen molar-refractivity contribution in [2.75, 3.05) is 6.61 Å². The van der Waals surface area contributed by atoms with E-state index in [0.717, 1.165) is 0 Å². The molecule has 0 saturated carbocycles. The molecule has 0 aliphatic rings. The van der Waals surface area contributed by atoms with E-state index in [1.54, 1.807) is 6.92 Å². The lowest BCUT2D eigenvalue weighted by Gasteiger charge is -2.11. The lowest BCUT2D eigenvalue weighted by atomic mass is 10.0. The molecule has 0 N–H and O–H groups in total. The Morgan fingerprint density at radius 1 is 1.47 bits per heavy atom. The van der Waals surface area contributed by atoms with E-state index in [4.69, 9.17) is 16.3 Å². The number of hydrogen-bond acceptors (Lipinski definition) is 3. The summed E-state index contributed by atoms with van der Waals surface area (Å²) >= 11 is 5.56. The van der Waals surface area contributed by atoms with Gasteiger partial charge in [0.2, 0.25) is 0 Å². The van der Waals surface area contributed by atoms with Crippen LogP contribution in [0.1, 0.15) is 30.0 Å². The van der Waals surface area contributed by atoms with Crippen molar-refractivity contribution >= 4 is 17.6 Å². The van der Waals surface area contributed by atoms with Gasteiger partial charge in [0.05, 0.1) is 13.0 Å². The minimum atomic E-state index is -2.68. The van der Waals surface area contributed by atoms with Gasteiger partial charge in [-0.2, -0.15) is 0 Å². The maximum atomic E-state index is 12.9. The molecule has 0 amide bonds. The van der Waals surface area contributed by atoms with Gasteiger partial charge in [-0.15, -0.1) is 11.6 Å². The quantitative estimate of drug-likeness (QED) is 0.606. The maximum Gasteiger partial charge on any atom is 0.310 e. The Balaban J connectivity index is 3.02. The molecule has 6 heteroatoms. The zero-order valence-electron chi connectivity index (χ0n) is 9.25. The monoisotopic (exact) mass is 263 g/mol. The zero-order valence-corrected chi connectivity index (χ0v) is 10.0. The fourth-order valence-electron chi connectivity index (χ4n) is 1.46. The van der Waals surface area contributed by atoms with Crippen molar-refractivity contribution in [3.63, 3.8) is 0 Å². The van der Waals surface area contributed by atoms with Crippen LogP contribution in [-0.2, 0) is 21.8 Å². The largest absolute Gasteiger partial charge is 0.466 e. The number of carbonyl (C=O) groups excluding carboxylic acids is 1. The molecule has 0 bridgehead atoms. The number of carbonyl (C=O) groups is 1. The number of ether oxygens (including phenoxy) is 1. The first-order valence-corrected chi connectivity index (χ1v) is 5.59. The van der Waals surface area contributed by atoms with E-state index >= 15 is 0 Å². The molecule has 1 aromatic heterocycles. The summed E-state index contributed by atoms with van der Waals surface area (Å²) < 4.78 is 30.5. The predicted molar refractivity (Wildman–Crippen MR) is 59.1 cm³/mol. The molecular formula is C11H12ClF2NO2. The van der Waals surface area contributed by atoms with E-state index in [1.807, 2.05) is 0 Å². The fraction of sp³-hybridized carbons (Fsp3) is 0.455. The highest BCUT2D eigenvalue weighted by Crippen LogP contribution is 2.27. The number of esters is 1. The molecule has 0 spiro atoms. The maximum absolute atomic E-state index is 12.9. The molecule has 0 unspecified atom stereocenters. The first-order chi connectivity index (χ1) is 8.10. The van der Waals surface area contributed by atoms with Crippen molar-refractivity contribution in [2.24, 2.45) is 0 Å². The number of halogens is 3. The van der Waals surface area contributed by atoms with Crippen LogP contribution in [0.3, 0.4) is 0 Å². The van der Waals surface area contributed by atoms with Crippen LogP contribution in [0.4, 0.5) is 8.78 Å². The third-order valence-electron chi connectivity index (χ3n) is 2.15. The van der Waals surface area contributed by atoms with Crippen molar-refractivity contribution in [1.82, 2.24) is 4.98 Å². The molecule has 0 atom stereocenters. The standard InChI is InChI=1S/C11H12ClF2NO2/c1-2-17-9(16)3-7-5-15-6-8(4-12)10(7)11(13)14/h5-6,11H,2-4H2,1H3. The fourth-order valence-corrected chi connectivity index (χ4v) is 1.67. The molecule has 94 valence electrons. The van der Waals surface area contributed by atoms with Gasteiger partial charge in [0.1, 0.15) is 0 Å². The summed E-state index contributed by atoms with van der Waals surface area (Å²) in [6.45, 7) is 1.87. The number of rotatable bonds is 5. The number of aromatic nitrogens is 1. The second-order valence-electron chi connectivity index (χ2n) is 3.29. The normalized spacial score (nSPS) is 10.6. The third kappa shape index (κ3) is 3.63. The van der Waals surface area contributed by atoms with Gasteiger partial charge >= 0.3 is 5.97 Å². The van der Waals surface area contributed by atoms with E-state index < -0.39 is 12.4 Å². The molecular weight excluding hydrogens is 252 g/mol. The summed E-state index contributed by atoms with van der Waals surface area (Å²) in [5.41, 5.74) is 0.183. The van der Waals surface area contributed by atoms with Crippen LogP contribution in [0.2, 0.25) is 0 Å². The summed E-state index contributed by atoms with van der Waals surface area (Å²) in [6.07, 6.45) is -0.376. The van der Waals surface area contributed by atoms with E-state index in [1.165, 1.54) is 12.4 Å². The van der Waals surface area contributed by atoms with Crippen molar-refractivity contribution in [1.29, 1.82) is 0 Å². The summed E-state index contributed by atoms with van der Waals surface area (Å²) in [5.74, 6) is -0.619. The van der Waals surface area contributed by atoms with Gasteiger partial charge in [-0.05, 0) is 18.1 Å². The summed E-state index contributed by atoms with van der Waals surface area (Å²) in [5, 5.41) is 0. The van der Waals surface area contributed by atoms with Gasteiger partial charge in [0.25, 0.3) is 6.43 Å². The molecule has 0 saturated heterocycles. The predicted octanol–water partition coefficient (Wildman–Crippen LogP) is 2.86. The van der Waals surface area contributed by atoms with Gasteiger partial charge in [-0.3, -0.25) is 9.78 Å². The van der Waals surface area contributed by atoms with E-state index in [0.29, 0.717) is 0 Å². The van der Waals surface area contributed by atoms with Gasteiger partial charge in [-0.25, -0.2) is 8.78 Å². The lowest BCUT2D eigenvalue weighted by molar-refractivity contribution is -0.142. The lowest BCUT2D eigenvalue weighted by Crippen LogP contribution is -2.11. The first-order valence-electron chi connectivity index (χ1n) is 5.05. The summed E-state index contributed by atoms with van der Waals surface area (Å²) in [4.78, 5) is 15.0. The van der Waals surface area contributed by atoms with Crippen LogP contribution in [0.25, 0.3) is 0 Å². The molecule has 0 aliphatic carbocycles. The number of pyridine rings is 1. The number of nitrogens with zero attached hydrogens (tertiary/aromatic N) is 1. The Bertz CT molecular complexity index is 399. The van der Waals surface area contributed by atoms with E-state index in [2.05, 4.69) is 4.98 Å². The number of hydrogen-bond donors (Lipinski definition) is 0. The topological polar surface area (TPSA) is 39.2 Å². The highest BCUT2D eigenvalue weighted by molar-refractivity contribution is 6.17. The Morgan fingerprint density at radius 3 is 2.65 bits per heavy atom. The molecule has 0 radical (unpaired) electrons. The summed E-state index contributed by atoms with van der Waals surface area (Å²) in [6, 6.07) is 0. The van der Waals surface area contributed by atoms with E-state index in [-0.39, 0.29) is 35.6 Å². The van der Waals surface area contributed by atoms with Crippen LogP contribution in [0, 0.1) is 0 Å². The Hall–Kier alpha value is -1.23. The highest BCUT2D eigenvalue weighted by Gasteiger charge is 2.19. The average molecular weight is 264 g/mol. The Labute approximate surface area is 103 Å². The highest BCUT2D eigenvalue weighted by atomic mass is 35.5. The van der Waals surface area contributed by atoms with Gasteiger partial charge in [-0.1, -0.05) is 0 Å². The third-order valence-corrected chi connectivity index (χ3v) is 2.44. The second kappa shape index (κ2) is 6.49. The van der Waals surface area contributed by atoms with Crippen molar-refractivity contribution in [2.45, 2.75) is 25.7 Å². The number of alkyl halides is 3. The van der Waals surface area contributed by atoms with Gasteiger partial charge in [0.15, 0.2) is 0 Å².